The van der Waals surface area contributed by atoms with Gasteiger partial charge in [-0.3, -0.25) is 9.69 Å². The fraction of sp³-hybridized carbons (Fsp3) is 0.393. The van der Waals surface area contributed by atoms with E-state index in [0.717, 1.165) is 18.5 Å². The van der Waals surface area contributed by atoms with E-state index in [1.165, 1.54) is 6.33 Å². The van der Waals surface area contributed by atoms with E-state index in [9.17, 15) is 9.18 Å². The third-order valence-corrected chi connectivity index (χ3v) is 7.04. The lowest BCUT2D eigenvalue weighted by molar-refractivity contribution is -0.125. The van der Waals surface area contributed by atoms with Gasteiger partial charge in [0.05, 0.1) is 31.2 Å². The van der Waals surface area contributed by atoms with Gasteiger partial charge in [0.2, 0.25) is 5.91 Å². The van der Waals surface area contributed by atoms with Gasteiger partial charge < -0.3 is 24.7 Å². The van der Waals surface area contributed by atoms with Crippen LogP contribution in [0.1, 0.15) is 30.0 Å². The maximum atomic E-state index is 13.4. The SMILES string of the molecule is COc1cc(C#Cc2cn(C3CCN(C(=O)C=CCN4CCC(F)C4)C3)c3ncnc(N)c23)cc(OC)c1. The van der Waals surface area contributed by atoms with Gasteiger partial charge in [0.25, 0.3) is 0 Å². The smallest absolute Gasteiger partial charge is 0.246 e. The van der Waals surface area contributed by atoms with Gasteiger partial charge in [-0.15, -0.1) is 0 Å². The molecular weight excluding hydrogens is 487 g/mol. The van der Waals surface area contributed by atoms with Gasteiger partial charge in [0.15, 0.2) is 0 Å². The van der Waals surface area contributed by atoms with Gasteiger partial charge in [-0.05, 0) is 25.0 Å². The first-order valence-electron chi connectivity index (χ1n) is 12.6. The van der Waals surface area contributed by atoms with Gasteiger partial charge in [-0.2, -0.15) is 0 Å². The number of nitrogen functional groups attached to an aromatic ring is 1. The van der Waals surface area contributed by atoms with Gasteiger partial charge >= 0.3 is 0 Å². The van der Waals surface area contributed by atoms with Crippen LogP contribution < -0.4 is 15.2 Å². The van der Waals surface area contributed by atoms with E-state index in [-0.39, 0.29) is 11.9 Å². The zero-order valence-electron chi connectivity index (χ0n) is 21.6. The second-order valence-electron chi connectivity index (χ2n) is 9.53. The molecule has 2 N–H and O–H groups in total. The summed E-state index contributed by atoms with van der Waals surface area (Å²) in [6.45, 7) is 2.94. The summed E-state index contributed by atoms with van der Waals surface area (Å²) in [5.74, 6) is 8.00. The maximum Gasteiger partial charge on any atom is 0.246 e. The van der Waals surface area contributed by atoms with Gasteiger partial charge in [-0.1, -0.05) is 17.9 Å². The monoisotopic (exact) mass is 518 g/mol. The van der Waals surface area contributed by atoms with Gasteiger partial charge in [0, 0.05) is 56.6 Å². The van der Waals surface area contributed by atoms with E-state index in [1.54, 1.807) is 26.4 Å². The first-order chi connectivity index (χ1) is 18.4. The van der Waals surface area contributed by atoms with Crippen molar-refractivity contribution in [3.8, 4) is 23.3 Å². The summed E-state index contributed by atoms with van der Waals surface area (Å²) in [6, 6.07) is 5.49. The zero-order chi connectivity index (χ0) is 26.6. The number of hydrogen-bond acceptors (Lipinski definition) is 7. The number of alkyl halides is 1. The Balaban J connectivity index is 1.35. The number of methoxy groups -OCH3 is 2. The highest BCUT2D eigenvalue weighted by Crippen LogP contribution is 2.31. The van der Waals surface area contributed by atoms with Crippen molar-refractivity contribution >= 4 is 22.8 Å². The molecular formula is C28H31FN6O3. The van der Waals surface area contributed by atoms with Crippen molar-refractivity contribution in [3.05, 3.63) is 54.0 Å². The number of carbonyl (C=O) groups excluding carboxylic acids is 1. The number of aromatic nitrogens is 3. The largest absolute Gasteiger partial charge is 0.497 e. The van der Waals surface area contributed by atoms with Crippen LogP contribution in [0.4, 0.5) is 10.2 Å². The van der Waals surface area contributed by atoms with Crippen LogP contribution in [-0.2, 0) is 4.79 Å². The van der Waals surface area contributed by atoms with E-state index < -0.39 is 6.17 Å². The standard InChI is InChI=1S/C28H31FN6O3/c1-37-23-12-19(13-24(14-23)38-2)5-6-20-15-35(28-26(20)27(30)31-18-32-28)22-8-11-34(17-22)25(36)4-3-9-33-10-7-21(29)16-33/h3-4,12-15,18,21-22H,7-11,16-17H2,1-2H3,(H2,30,31,32). The number of benzene rings is 1. The Morgan fingerprint density at radius 3 is 2.63 bits per heavy atom. The first-order valence-corrected chi connectivity index (χ1v) is 12.6. The van der Waals surface area contributed by atoms with E-state index in [4.69, 9.17) is 15.2 Å². The molecule has 1 aromatic carbocycles. The minimum Gasteiger partial charge on any atom is -0.497 e. The second kappa shape index (κ2) is 11.1. The highest BCUT2D eigenvalue weighted by molar-refractivity contribution is 5.92. The number of rotatable bonds is 6. The predicted octanol–water partition coefficient (Wildman–Crippen LogP) is 2.80. The molecule has 0 spiro atoms. The van der Waals surface area contributed by atoms with Gasteiger partial charge in [0.1, 0.15) is 35.5 Å². The molecule has 38 heavy (non-hydrogen) atoms. The quantitative estimate of drug-likeness (QED) is 0.396. The van der Waals surface area contributed by atoms with Crippen molar-refractivity contribution in [3.63, 3.8) is 0 Å². The molecule has 1 amide bonds. The number of anilines is 1. The highest BCUT2D eigenvalue weighted by atomic mass is 19.1. The Kier molecular flexibility index (Phi) is 7.47. The van der Waals surface area contributed by atoms with Crippen molar-refractivity contribution in [1.29, 1.82) is 0 Å². The molecule has 0 saturated carbocycles. The fourth-order valence-corrected chi connectivity index (χ4v) is 5.03. The van der Waals surface area contributed by atoms with E-state index in [2.05, 4.69) is 21.8 Å². The Hall–Kier alpha value is -4.10. The summed E-state index contributed by atoms with van der Waals surface area (Å²) in [4.78, 5) is 25.3. The number of hydrogen-bond donors (Lipinski definition) is 1. The Labute approximate surface area is 221 Å². The van der Waals surface area contributed by atoms with Crippen LogP contribution in [0.25, 0.3) is 11.0 Å². The minimum absolute atomic E-state index is 0.0301. The Morgan fingerprint density at radius 2 is 1.92 bits per heavy atom. The molecule has 5 rings (SSSR count). The number of ether oxygens (including phenoxy) is 2. The lowest BCUT2D eigenvalue weighted by Gasteiger charge is -2.16. The molecule has 2 aromatic heterocycles. The van der Waals surface area contributed by atoms with Crippen molar-refractivity contribution in [2.45, 2.75) is 25.1 Å². The van der Waals surface area contributed by atoms with Crippen LogP contribution in [0, 0.1) is 11.8 Å². The summed E-state index contributed by atoms with van der Waals surface area (Å²) >= 11 is 0. The van der Waals surface area contributed by atoms with Crippen molar-refractivity contribution in [1.82, 2.24) is 24.3 Å². The number of halogens is 1. The number of amides is 1. The summed E-state index contributed by atoms with van der Waals surface area (Å²) in [6.07, 6.45) is 7.39. The Bertz CT molecular complexity index is 1400. The summed E-state index contributed by atoms with van der Waals surface area (Å²) < 4.78 is 26.1. The van der Waals surface area contributed by atoms with E-state index in [0.29, 0.717) is 66.5 Å². The summed E-state index contributed by atoms with van der Waals surface area (Å²) in [5, 5.41) is 0.691. The maximum absolute atomic E-state index is 13.4. The number of carbonyl (C=O) groups is 1. The molecule has 2 saturated heterocycles. The molecule has 198 valence electrons. The highest BCUT2D eigenvalue weighted by Gasteiger charge is 2.28. The lowest BCUT2D eigenvalue weighted by atomic mass is 10.1. The summed E-state index contributed by atoms with van der Waals surface area (Å²) in [7, 11) is 3.19. The molecule has 2 fully saturated rings. The van der Waals surface area contributed by atoms with Crippen LogP contribution in [0.5, 0.6) is 11.5 Å². The molecule has 0 bridgehead atoms. The normalized spacial score (nSPS) is 19.7. The van der Waals surface area contributed by atoms with Crippen LogP contribution in [0.15, 0.2) is 42.9 Å². The van der Waals surface area contributed by atoms with Crippen LogP contribution in [-0.4, -0.2) is 83.4 Å². The molecule has 9 nitrogen and oxygen atoms in total. The molecule has 0 radical (unpaired) electrons. The van der Waals surface area contributed by atoms with Crippen molar-refractivity contribution < 1.29 is 18.7 Å². The van der Waals surface area contributed by atoms with Crippen LogP contribution in [0.3, 0.4) is 0 Å². The molecule has 2 aliphatic heterocycles. The lowest BCUT2D eigenvalue weighted by Crippen LogP contribution is -2.28. The third kappa shape index (κ3) is 5.43. The average Bonchev–Trinajstić information content (AvgIpc) is 3.66. The predicted molar refractivity (Wildman–Crippen MR) is 143 cm³/mol. The topological polar surface area (TPSA) is 98.7 Å². The van der Waals surface area contributed by atoms with Crippen molar-refractivity contribution in [2.75, 3.05) is 52.7 Å². The molecule has 0 aliphatic carbocycles. The number of nitrogens with two attached hydrogens (primary N) is 1. The molecule has 4 heterocycles. The van der Waals surface area contributed by atoms with Gasteiger partial charge in [-0.25, -0.2) is 14.4 Å². The second-order valence-corrected chi connectivity index (χ2v) is 9.53. The van der Waals surface area contributed by atoms with E-state index in [1.807, 2.05) is 38.8 Å². The minimum atomic E-state index is -0.763. The summed E-state index contributed by atoms with van der Waals surface area (Å²) in [5.41, 5.74) is 8.38. The number of fused-ring (bicyclic) bond motifs is 1. The first kappa shape index (κ1) is 25.5. The van der Waals surface area contributed by atoms with E-state index >= 15 is 0 Å². The average molecular weight is 519 g/mol. The Morgan fingerprint density at radius 1 is 1.13 bits per heavy atom. The molecule has 2 unspecified atom stereocenters. The molecule has 2 atom stereocenters. The van der Waals surface area contributed by atoms with Crippen molar-refractivity contribution in [2.24, 2.45) is 0 Å². The molecule has 10 heteroatoms. The zero-order valence-corrected chi connectivity index (χ0v) is 21.6. The fourth-order valence-electron chi connectivity index (χ4n) is 5.03. The third-order valence-electron chi connectivity index (χ3n) is 7.04. The molecule has 3 aromatic rings. The molecule has 2 aliphatic rings. The van der Waals surface area contributed by atoms with Crippen LogP contribution >= 0.6 is 0 Å². The van der Waals surface area contributed by atoms with Crippen LogP contribution in [0.2, 0.25) is 0 Å². The number of likely N-dealkylation sites (tertiary alicyclic amines) is 2. The number of nitrogens with zero attached hydrogens (tertiary/aromatic N) is 5.